The topological polar surface area (TPSA) is 63.8 Å². The summed E-state index contributed by atoms with van der Waals surface area (Å²) in [6.45, 7) is 0. The van der Waals surface area contributed by atoms with E-state index in [9.17, 15) is 9.90 Å². The third kappa shape index (κ3) is 2.32. The summed E-state index contributed by atoms with van der Waals surface area (Å²) in [5, 5.41) is 9.85. The third-order valence-electron chi connectivity index (χ3n) is 3.12. The number of rotatable bonds is 2. The number of imidazole rings is 1. The van der Waals surface area contributed by atoms with Gasteiger partial charge in [0.1, 0.15) is 11.6 Å². The van der Waals surface area contributed by atoms with Gasteiger partial charge in [0.25, 0.3) is 0 Å². The van der Waals surface area contributed by atoms with Crippen molar-refractivity contribution in [3.05, 3.63) is 53.3 Å². The Hall–Kier alpha value is -2.53. The van der Waals surface area contributed by atoms with Crippen molar-refractivity contribution in [1.29, 1.82) is 0 Å². The average Bonchev–Trinajstić information content (AvgIpc) is 2.83. The average molecular weight is 303 g/mol. The first-order valence-electron chi connectivity index (χ1n) is 6.15. The molecule has 3 rings (SSSR count). The molecule has 2 heterocycles. The van der Waals surface area contributed by atoms with Gasteiger partial charge in [-0.25, -0.2) is 9.78 Å². The number of esters is 1. The number of aromatic nitrogens is 2. The van der Waals surface area contributed by atoms with Gasteiger partial charge in [0, 0.05) is 11.8 Å². The summed E-state index contributed by atoms with van der Waals surface area (Å²) >= 11 is 6.14. The molecule has 0 atom stereocenters. The van der Waals surface area contributed by atoms with Gasteiger partial charge in [-0.15, -0.1) is 0 Å². The van der Waals surface area contributed by atoms with E-state index in [4.69, 9.17) is 11.6 Å². The standard InChI is InChI=1S/C15H11ClN2O3/c1-21-15(20)10-5-6-18-12(8-10)13(16)17-14(18)9-3-2-4-11(19)7-9/h2-8,19H,1H3. The van der Waals surface area contributed by atoms with E-state index in [1.54, 1.807) is 40.9 Å². The zero-order chi connectivity index (χ0) is 15.0. The van der Waals surface area contributed by atoms with Crippen molar-refractivity contribution in [2.45, 2.75) is 0 Å². The maximum atomic E-state index is 11.6. The second-order valence-electron chi connectivity index (χ2n) is 4.44. The normalized spacial score (nSPS) is 10.8. The number of hydrogen-bond acceptors (Lipinski definition) is 4. The van der Waals surface area contributed by atoms with Crippen LogP contribution in [0.3, 0.4) is 0 Å². The molecule has 1 aromatic carbocycles. The van der Waals surface area contributed by atoms with Gasteiger partial charge in [0.15, 0.2) is 5.15 Å². The fourth-order valence-electron chi connectivity index (χ4n) is 2.14. The van der Waals surface area contributed by atoms with E-state index in [2.05, 4.69) is 9.72 Å². The second-order valence-corrected chi connectivity index (χ2v) is 4.80. The van der Waals surface area contributed by atoms with E-state index in [1.807, 2.05) is 6.07 Å². The van der Waals surface area contributed by atoms with Crippen LogP contribution in [-0.4, -0.2) is 27.6 Å². The van der Waals surface area contributed by atoms with Crippen LogP contribution in [0.4, 0.5) is 0 Å². The van der Waals surface area contributed by atoms with Crippen LogP contribution in [0, 0.1) is 0 Å². The zero-order valence-corrected chi connectivity index (χ0v) is 11.8. The highest BCUT2D eigenvalue weighted by Crippen LogP contribution is 2.28. The highest BCUT2D eigenvalue weighted by molar-refractivity contribution is 6.33. The van der Waals surface area contributed by atoms with Crippen molar-refractivity contribution in [3.8, 4) is 17.1 Å². The molecule has 0 fully saturated rings. The van der Waals surface area contributed by atoms with Crippen LogP contribution in [0.1, 0.15) is 10.4 Å². The van der Waals surface area contributed by atoms with Crippen LogP contribution >= 0.6 is 11.6 Å². The summed E-state index contributed by atoms with van der Waals surface area (Å²) < 4.78 is 6.44. The smallest absolute Gasteiger partial charge is 0.337 e. The van der Waals surface area contributed by atoms with E-state index >= 15 is 0 Å². The summed E-state index contributed by atoms with van der Waals surface area (Å²) in [5.41, 5.74) is 1.72. The molecule has 0 bridgehead atoms. The zero-order valence-electron chi connectivity index (χ0n) is 11.1. The van der Waals surface area contributed by atoms with Crippen LogP contribution in [0.25, 0.3) is 16.9 Å². The lowest BCUT2D eigenvalue weighted by atomic mass is 10.2. The summed E-state index contributed by atoms with van der Waals surface area (Å²) in [5.74, 6) is 0.294. The number of ether oxygens (including phenoxy) is 1. The minimum atomic E-state index is -0.436. The van der Waals surface area contributed by atoms with Gasteiger partial charge in [0.2, 0.25) is 0 Å². The molecule has 0 radical (unpaired) electrons. The lowest BCUT2D eigenvalue weighted by Gasteiger charge is -2.04. The van der Waals surface area contributed by atoms with Crippen molar-refractivity contribution in [2.75, 3.05) is 7.11 Å². The fraction of sp³-hybridized carbons (Fsp3) is 0.0667. The lowest BCUT2D eigenvalue weighted by Crippen LogP contribution is -2.02. The van der Waals surface area contributed by atoms with Crippen LogP contribution in [-0.2, 0) is 4.74 Å². The molecular weight excluding hydrogens is 292 g/mol. The second kappa shape index (κ2) is 5.10. The van der Waals surface area contributed by atoms with Crippen LogP contribution in [0.2, 0.25) is 5.15 Å². The van der Waals surface area contributed by atoms with E-state index in [0.29, 0.717) is 16.9 Å². The number of methoxy groups -OCH3 is 1. The predicted octanol–water partition coefficient (Wildman–Crippen LogP) is 3.15. The molecule has 0 saturated carbocycles. The monoisotopic (exact) mass is 302 g/mol. The lowest BCUT2D eigenvalue weighted by molar-refractivity contribution is 0.0600. The van der Waals surface area contributed by atoms with Crippen LogP contribution in [0.15, 0.2) is 42.6 Å². The highest BCUT2D eigenvalue weighted by atomic mass is 35.5. The van der Waals surface area contributed by atoms with Gasteiger partial charge in [-0.2, -0.15) is 0 Å². The van der Waals surface area contributed by atoms with Gasteiger partial charge in [-0.1, -0.05) is 23.7 Å². The summed E-state index contributed by atoms with van der Waals surface area (Å²) in [7, 11) is 1.32. The molecule has 2 aromatic heterocycles. The first-order valence-corrected chi connectivity index (χ1v) is 6.53. The number of pyridine rings is 1. The number of halogens is 1. The Bertz CT molecular complexity index is 842. The Morgan fingerprint density at radius 3 is 2.86 bits per heavy atom. The maximum absolute atomic E-state index is 11.6. The van der Waals surface area contributed by atoms with Crippen molar-refractivity contribution < 1.29 is 14.6 Å². The number of carbonyl (C=O) groups excluding carboxylic acids is 1. The maximum Gasteiger partial charge on any atom is 0.337 e. The first kappa shape index (κ1) is 13.5. The molecule has 0 spiro atoms. The first-order chi connectivity index (χ1) is 10.1. The number of fused-ring (bicyclic) bond motifs is 1. The third-order valence-corrected chi connectivity index (χ3v) is 3.40. The highest BCUT2D eigenvalue weighted by Gasteiger charge is 2.14. The predicted molar refractivity (Wildman–Crippen MR) is 78.6 cm³/mol. The van der Waals surface area contributed by atoms with Crippen molar-refractivity contribution in [3.63, 3.8) is 0 Å². The minimum Gasteiger partial charge on any atom is -0.508 e. The molecule has 0 aliphatic heterocycles. The van der Waals surface area contributed by atoms with E-state index < -0.39 is 5.97 Å². The molecule has 0 unspecified atom stereocenters. The van der Waals surface area contributed by atoms with Crippen LogP contribution < -0.4 is 0 Å². The van der Waals surface area contributed by atoms with Gasteiger partial charge in [-0.3, -0.25) is 4.40 Å². The van der Waals surface area contributed by atoms with E-state index in [0.717, 1.165) is 5.56 Å². The number of benzene rings is 1. The number of nitrogens with zero attached hydrogens (tertiary/aromatic N) is 2. The van der Waals surface area contributed by atoms with Crippen molar-refractivity contribution in [2.24, 2.45) is 0 Å². The fourth-order valence-corrected chi connectivity index (χ4v) is 2.37. The molecule has 0 amide bonds. The molecule has 106 valence electrons. The SMILES string of the molecule is COC(=O)c1ccn2c(-c3cccc(O)c3)nc(Cl)c2c1. The summed E-state index contributed by atoms with van der Waals surface area (Å²) in [6.07, 6.45) is 1.69. The Morgan fingerprint density at radius 2 is 2.14 bits per heavy atom. The Morgan fingerprint density at radius 1 is 1.33 bits per heavy atom. The van der Waals surface area contributed by atoms with E-state index in [1.165, 1.54) is 7.11 Å². The van der Waals surface area contributed by atoms with E-state index in [-0.39, 0.29) is 10.9 Å². The Balaban J connectivity index is 2.20. The molecule has 6 heteroatoms. The minimum absolute atomic E-state index is 0.145. The quantitative estimate of drug-likeness (QED) is 0.739. The molecule has 0 aliphatic rings. The molecule has 3 aromatic rings. The van der Waals surface area contributed by atoms with Gasteiger partial charge >= 0.3 is 5.97 Å². The largest absolute Gasteiger partial charge is 0.508 e. The summed E-state index contributed by atoms with van der Waals surface area (Å²) in [6, 6.07) is 9.97. The number of phenols is 1. The molecule has 5 nitrogen and oxygen atoms in total. The number of phenolic OH excluding ortho intramolecular Hbond substituents is 1. The Kier molecular flexibility index (Phi) is 3.27. The van der Waals surface area contributed by atoms with Crippen LogP contribution in [0.5, 0.6) is 5.75 Å². The molecule has 0 aliphatic carbocycles. The molecule has 1 N–H and O–H groups in total. The number of carbonyl (C=O) groups is 1. The van der Waals surface area contributed by atoms with Gasteiger partial charge < -0.3 is 9.84 Å². The van der Waals surface area contributed by atoms with Crippen molar-refractivity contribution in [1.82, 2.24) is 9.38 Å². The Labute approximate surface area is 125 Å². The number of aromatic hydroxyl groups is 1. The molecular formula is C15H11ClN2O3. The van der Waals surface area contributed by atoms with Gasteiger partial charge in [-0.05, 0) is 24.3 Å². The number of hydrogen-bond donors (Lipinski definition) is 1. The van der Waals surface area contributed by atoms with Gasteiger partial charge in [0.05, 0.1) is 18.2 Å². The van der Waals surface area contributed by atoms with Crippen molar-refractivity contribution >= 4 is 23.1 Å². The molecule has 0 saturated heterocycles. The molecule has 21 heavy (non-hydrogen) atoms. The summed E-state index contributed by atoms with van der Waals surface area (Å²) in [4.78, 5) is 15.9.